The van der Waals surface area contributed by atoms with E-state index in [0.717, 1.165) is 27.7 Å². The van der Waals surface area contributed by atoms with E-state index in [9.17, 15) is 4.79 Å². The van der Waals surface area contributed by atoms with Gasteiger partial charge in [0.25, 0.3) is 5.91 Å². The lowest BCUT2D eigenvalue weighted by atomic mass is 10.0. The van der Waals surface area contributed by atoms with Crippen LogP contribution in [-0.4, -0.2) is 36.1 Å². The Hall–Kier alpha value is -4.91. The zero-order valence-electron chi connectivity index (χ0n) is 19.9. The third-order valence-electron chi connectivity index (χ3n) is 5.81. The maximum atomic E-state index is 13.0. The number of aromatic nitrogens is 2. The van der Waals surface area contributed by atoms with Gasteiger partial charge in [-0.3, -0.25) is 4.79 Å². The third-order valence-corrected chi connectivity index (χ3v) is 5.81. The SMILES string of the molecule is COc1ccc(OC)c(/C=N\NC(=O)c2cc(-c3cccc4ccccc34)n(-c3ccccc3)n2)c1. The van der Waals surface area contributed by atoms with Gasteiger partial charge in [0.15, 0.2) is 5.69 Å². The molecule has 5 aromatic rings. The summed E-state index contributed by atoms with van der Waals surface area (Å²) in [4.78, 5) is 13.0. The molecule has 5 rings (SSSR count). The molecule has 1 N–H and O–H groups in total. The zero-order chi connectivity index (χ0) is 24.9. The van der Waals surface area contributed by atoms with Crippen molar-refractivity contribution in [2.75, 3.05) is 14.2 Å². The maximum absolute atomic E-state index is 13.0. The minimum absolute atomic E-state index is 0.247. The van der Waals surface area contributed by atoms with Crippen molar-refractivity contribution in [3.05, 3.63) is 108 Å². The Kier molecular flexibility index (Phi) is 6.44. The van der Waals surface area contributed by atoms with Crippen molar-refractivity contribution in [3.63, 3.8) is 0 Å². The van der Waals surface area contributed by atoms with Crippen LogP contribution in [0.25, 0.3) is 27.7 Å². The first-order chi connectivity index (χ1) is 17.7. The van der Waals surface area contributed by atoms with Gasteiger partial charge in [-0.15, -0.1) is 0 Å². The standard InChI is InChI=1S/C29H24N4O3/c1-35-23-15-16-28(36-2)21(17-23)19-30-31-29(34)26-18-27(33(32-26)22-11-4-3-5-12-22)25-14-8-10-20-9-6-7-13-24(20)25/h3-19H,1-2H3,(H,31,34)/b30-19-. The summed E-state index contributed by atoms with van der Waals surface area (Å²) in [6.07, 6.45) is 1.51. The molecule has 7 heteroatoms. The fraction of sp³-hybridized carbons (Fsp3) is 0.0690. The Morgan fingerprint density at radius 1 is 0.889 bits per heavy atom. The van der Waals surface area contributed by atoms with E-state index >= 15 is 0 Å². The number of hydrogen-bond donors (Lipinski definition) is 1. The number of fused-ring (bicyclic) bond motifs is 1. The van der Waals surface area contributed by atoms with Crippen LogP contribution in [-0.2, 0) is 0 Å². The summed E-state index contributed by atoms with van der Waals surface area (Å²) in [6, 6.07) is 31.1. The molecule has 7 nitrogen and oxygen atoms in total. The van der Waals surface area contributed by atoms with Crippen LogP contribution >= 0.6 is 0 Å². The fourth-order valence-electron chi connectivity index (χ4n) is 4.06. The smallest absolute Gasteiger partial charge is 0.291 e. The second-order valence-electron chi connectivity index (χ2n) is 8.00. The average Bonchev–Trinajstić information content (AvgIpc) is 3.38. The van der Waals surface area contributed by atoms with Crippen molar-refractivity contribution in [1.82, 2.24) is 15.2 Å². The maximum Gasteiger partial charge on any atom is 0.291 e. The number of hydrogen-bond acceptors (Lipinski definition) is 5. The third kappa shape index (κ3) is 4.54. The molecule has 0 spiro atoms. The van der Waals surface area contributed by atoms with E-state index in [1.807, 2.05) is 54.6 Å². The van der Waals surface area contributed by atoms with E-state index in [0.29, 0.717) is 17.1 Å². The summed E-state index contributed by atoms with van der Waals surface area (Å²) in [7, 11) is 3.16. The Morgan fingerprint density at radius 3 is 2.47 bits per heavy atom. The predicted molar refractivity (Wildman–Crippen MR) is 141 cm³/mol. The highest BCUT2D eigenvalue weighted by Crippen LogP contribution is 2.31. The Bertz CT molecular complexity index is 1550. The molecule has 0 saturated carbocycles. The lowest BCUT2D eigenvalue weighted by Gasteiger charge is -2.10. The molecular weight excluding hydrogens is 452 g/mol. The number of nitrogens with zero attached hydrogens (tertiary/aromatic N) is 3. The average molecular weight is 477 g/mol. The van der Waals surface area contributed by atoms with Gasteiger partial charge in [-0.2, -0.15) is 10.2 Å². The minimum atomic E-state index is -0.427. The van der Waals surface area contributed by atoms with Gasteiger partial charge in [0, 0.05) is 11.1 Å². The number of carbonyl (C=O) groups is 1. The van der Waals surface area contributed by atoms with Crippen molar-refractivity contribution < 1.29 is 14.3 Å². The van der Waals surface area contributed by atoms with Gasteiger partial charge in [-0.25, -0.2) is 10.1 Å². The van der Waals surface area contributed by atoms with Crippen LogP contribution < -0.4 is 14.9 Å². The van der Waals surface area contributed by atoms with Crippen LogP contribution in [0.3, 0.4) is 0 Å². The first-order valence-corrected chi connectivity index (χ1v) is 11.4. The van der Waals surface area contributed by atoms with Gasteiger partial charge in [0.2, 0.25) is 0 Å². The number of nitrogens with one attached hydrogen (secondary N) is 1. The minimum Gasteiger partial charge on any atom is -0.497 e. The van der Waals surface area contributed by atoms with Crippen LogP contribution in [0.5, 0.6) is 11.5 Å². The highest BCUT2D eigenvalue weighted by molar-refractivity contribution is 5.99. The van der Waals surface area contributed by atoms with E-state index < -0.39 is 5.91 Å². The normalized spacial score (nSPS) is 11.1. The number of benzene rings is 4. The van der Waals surface area contributed by atoms with Gasteiger partial charge < -0.3 is 9.47 Å². The summed E-state index contributed by atoms with van der Waals surface area (Å²) < 4.78 is 12.4. The van der Waals surface area contributed by atoms with Gasteiger partial charge >= 0.3 is 0 Å². The Morgan fingerprint density at radius 2 is 1.67 bits per heavy atom. The predicted octanol–water partition coefficient (Wildman–Crippen LogP) is 5.47. The topological polar surface area (TPSA) is 77.7 Å². The van der Waals surface area contributed by atoms with Crippen LogP contribution in [0.2, 0.25) is 0 Å². The summed E-state index contributed by atoms with van der Waals surface area (Å²) in [6.45, 7) is 0. The molecule has 178 valence electrons. The van der Waals surface area contributed by atoms with Crippen molar-refractivity contribution >= 4 is 22.9 Å². The molecule has 4 aromatic carbocycles. The molecule has 0 aliphatic rings. The lowest BCUT2D eigenvalue weighted by Crippen LogP contribution is -2.18. The van der Waals surface area contributed by atoms with Gasteiger partial charge in [-0.05, 0) is 47.2 Å². The number of hydrazone groups is 1. The molecule has 36 heavy (non-hydrogen) atoms. The summed E-state index contributed by atoms with van der Waals surface area (Å²) in [5.41, 5.74) is 6.13. The number of ether oxygens (including phenoxy) is 2. The molecule has 0 aliphatic carbocycles. The number of rotatable bonds is 7. The molecule has 0 radical (unpaired) electrons. The van der Waals surface area contributed by atoms with Crippen LogP contribution in [0.15, 0.2) is 102 Å². The van der Waals surface area contributed by atoms with E-state index in [1.165, 1.54) is 6.21 Å². The second-order valence-corrected chi connectivity index (χ2v) is 8.00. The van der Waals surface area contributed by atoms with Crippen LogP contribution in [0.1, 0.15) is 16.1 Å². The van der Waals surface area contributed by atoms with E-state index in [4.69, 9.17) is 9.47 Å². The number of carbonyl (C=O) groups excluding carboxylic acids is 1. The quantitative estimate of drug-likeness (QED) is 0.249. The molecule has 0 aliphatic heterocycles. The van der Waals surface area contributed by atoms with Crippen molar-refractivity contribution in [2.45, 2.75) is 0 Å². The molecule has 0 saturated heterocycles. The first kappa shape index (κ1) is 22.9. The molecule has 1 amide bonds. The van der Waals surface area contributed by atoms with Crippen LogP contribution in [0, 0.1) is 0 Å². The fourth-order valence-corrected chi connectivity index (χ4v) is 4.06. The Labute approximate surface area is 208 Å². The van der Waals surface area contributed by atoms with Gasteiger partial charge in [0.05, 0.1) is 31.8 Å². The van der Waals surface area contributed by atoms with Crippen molar-refractivity contribution in [3.8, 4) is 28.4 Å². The first-order valence-electron chi connectivity index (χ1n) is 11.4. The number of methoxy groups -OCH3 is 2. The second kappa shape index (κ2) is 10.1. The summed E-state index contributed by atoms with van der Waals surface area (Å²) in [5.74, 6) is 0.842. The molecule has 0 bridgehead atoms. The molecule has 1 aromatic heterocycles. The molecule has 0 atom stereocenters. The monoisotopic (exact) mass is 476 g/mol. The largest absolute Gasteiger partial charge is 0.497 e. The molecule has 0 fully saturated rings. The number of amides is 1. The van der Waals surface area contributed by atoms with Crippen molar-refractivity contribution in [1.29, 1.82) is 0 Å². The molecule has 0 unspecified atom stereocenters. The van der Waals surface area contributed by atoms with Crippen LogP contribution in [0.4, 0.5) is 0 Å². The van der Waals surface area contributed by atoms with Crippen molar-refractivity contribution in [2.24, 2.45) is 5.10 Å². The summed E-state index contributed by atoms with van der Waals surface area (Å²) in [5, 5.41) is 10.9. The molecule has 1 heterocycles. The zero-order valence-corrected chi connectivity index (χ0v) is 19.9. The Balaban J connectivity index is 1.50. The lowest BCUT2D eigenvalue weighted by molar-refractivity contribution is 0.0949. The molecular formula is C29H24N4O3. The van der Waals surface area contributed by atoms with Gasteiger partial charge in [-0.1, -0.05) is 60.7 Å². The summed E-state index contributed by atoms with van der Waals surface area (Å²) >= 11 is 0. The highest BCUT2D eigenvalue weighted by atomic mass is 16.5. The highest BCUT2D eigenvalue weighted by Gasteiger charge is 2.18. The van der Waals surface area contributed by atoms with E-state index in [1.54, 1.807) is 43.2 Å². The van der Waals surface area contributed by atoms with E-state index in [-0.39, 0.29) is 5.69 Å². The van der Waals surface area contributed by atoms with Gasteiger partial charge in [0.1, 0.15) is 11.5 Å². The van der Waals surface area contributed by atoms with E-state index in [2.05, 4.69) is 33.8 Å². The number of para-hydroxylation sites is 1.